The first kappa shape index (κ1) is 22.6. The summed E-state index contributed by atoms with van der Waals surface area (Å²) in [5.74, 6) is -0.402. The highest BCUT2D eigenvalue weighted by Crippen LogP contribution is 2.32. The monoisotopic (exact) mass is 457 g/mol. The predicted octanol–water partition coefficient (Wildman–Crippen LogP) is 6.65. The van der Waals surface area contributed by atoms with Crippen molar-refractivity contribution in [3.63, 3.8) is 0 Å². The van der Waals surface area contributed by atoms with Gasteiger partial charge in [0.05, 0.1) is 5.56 Å². The molecule has 0 aliphatic rings. The Kier molecular flexibility index (Phi) is 6.83. The molecule has 0 bridgehead atoms. The molecule has 0 unspecified atom stereocenters. The number of anilines is 2. The molecule has 0 fully saturated rings. The van der Waals surface area contributed by atoms with Gasteiger partial charge in [-0.3, -0.25) is 10.1 Å². The maximum absolute atomic E-state index is 12.7. The minimum Gasteiger partial charge on any atom is -0.444 e. The fourth-order valence-corrected chi connectivity index (χ4v) is 3.10. The van der Waals surface area contributed by atoms with Crippen molar-refractivity contribution in [2.24, 2.45) is 0 Å². The van der Waals surface area contributed by atoms with Crippen LogP contribution in [-0.4, -0.2) is 22.6 Å². The van der Waals surface area contributed by atoms with Crippen LogP contribution in [0.5, 0.6) is 0 Å². The van der Waals surface area contributed by atoms with Gasteiger partial charge in [0.1, 0.15) is 10.8 Å². The van der Waals surface area contributed by atoms with Crippen LogP contribution in [0.2, 0.25) is 10.2 Å². The van der Waals surface area contributed by atoms with Crippen LogP contribution < -0.4 is 10.6 Å². The number of benzene rings is 2. The van der Waals surface area contributed by atoms with E-state index in [1.807, 2.05) is 12.1 Å². The van der Waals surface area contributed by atoms with Gasteiger partial charge in [0.2, 0.25) is 0 Å². The second kappa shape index (κ2) is 9.37. The number of ether oxygens (including phenoxy) is 1. The van der Waals surface area contributed by atoms with Crippen LogP contribution in [-0.2, 0) is 4.74 Å². The third kappa shape index (κ3) is 6.20. The molecule has 0 aliphatic heterocycles. The lowest BCUT2D eigenvalue weighted by Crippen LogP contribution is -2.27. The summed E-state index contributed by atoms with van der Waals surface area (Å²) in [7, 11) is 0. The second-order valence-corrected chi connectivity index (χ2v) is 8.48. The van der Waals surface area contributed by atoms with Crippen molar-refractivity contribution in [3.8, 4) is 11.1 Å². The molecule has 160 valence electrons. The van der Waals surface area contributed by atoms with E-state index in [4.69, 9.17) is 27.9 Å². The average molecular weight is 458 g/mol. The lowest BCUT2D eigenvalue weighted by Gasteiger charge is -2.20. The van der Waals surface area contributed by atoms with Gasteiger partial charge in [0.15, 0.2) is 0 Å². The Morgan fingerprint density at radius 3 is 2.32 bits per heavy atom. The van der Waals surface area contributed by atoms with E-state index in [-0.39, 0.29) is 10.7 Å². The largest absolute Gasteiger partial charge is 0.444 e. The van der Waals surface area contributed by atoms with Crippen molar-refractivity contribution in [3.05, 3.63) is 76.5 Å². The number of nitrogens with zero attached hydrogens (tertiary/aromatic N) is 1. The summed E-state index contributed by atoms with van der Waals surface area (Å²) < 4.78 is 5.31. The number of hydrogen-bond donors (Lipinski definition) is 2. The molecule has 2 N–H and O–H groups in total. The zero-order chi connectivity index (χ0) is 22.6. The van der Waals surface area contributed by atoms with E-state index in [1.165, 1.54) is 6.20 Å². The summed E-state index contributed by atoms with van der Waals surface area (Å²) in [5, 5.41) is 6.26. The van der Waals surface area contributed by atoms with Crippen LogP contribution in [0.3, 0.4) is 0 Å². The third-order valence-electron chi connectivity index (χ3n) is 4.07. The molecule has 3 rings (SSSR count). The van der Waals surface area contributed by atoms with Crippen molar-refractivity contribution in [1.29, 1.82) is 0 Å². The zero-order valence-electron chi connectivity index (χ0n) is 17.2. The van der Waals surface area contributed by atoms with E-state index in [9.17, 15) is 9.59 Å². The van der Waals surface area contributed by atoms with Gasteiger partial charge < -0.3 is 10.1 Å². The number of halogens is 2. The van der Waals surface area contributed by atoms with Gasteiger partial charge in [-0.25, -0.2) is 9.78 Å². The van der Waals surface area contributed by atoms with Crippen LogP contribution in [0.15, 0.2) is 60.8 Å². The molecule has 0 radical (unpaired) electrons. The average Bonchev–Trinajstić information content (AvgIpc) is 2.68. The molecule has 31 heavy (non-hydrogen) atoms. The van der Waals surface area contributed by atoms with Gasteiger partial charge in [-0.1, -0.05) is 35.3 Å². The highest BCUT2D eigenvalue weighted by Gasteiger charge is 2.18. The van der Waals surface area contributed by atoms with Crippen LogP contribution >= 0.6 is 23.2 Å². The Balaban J connectivity index is 1.94. The van der Waals surface area contributed by atoms with Crippen LogP contribution in [0.1, 0.15) is 31.1 Å². The molecular formula is C23H21Cl2N3O3. The molecule has 0 spiro atoms. The van der Waals surface area contributed by atoms with Gasteiger partial charge in [-0.2, -0.15) is 0 Å². The predicted molar refractivity (Wildman–Crippen MR) is 124 cm³/mol. The molecule has 0 saturated carbocycles. The first-order chi connectivity index (χ1) is 14.6. The third-order valence-corrected chi connectivity index (χ3v) is 4.63. The fourth-order valence-electron chi connectivity index (χ4n) is 2.77. The van der Waals surface area contributed by atoms with Gasteiger partial charge >= 0.3 is 6.09 Å². The number of hydrogen-bond acceptors (Lipinski definition) is 4. The van der Waals surface area contributed by atoms with Crippen molar-refractivity contribution >= 4 is 46.6 Å². The van der Waals surface area contributed by atoms with Crippen LogP contribution in [0.4, 0.5) is 16.2 Å². The lowest BCUT2D eigenvalue weighted by molar-refractivity contribution is 0.0635. The number of pyridine rings is 1. The summed E-state index contributed by atoms with van der Waals surface area (Å²) in [6, 6.07) is 15.5. The Morgan fingerprint density at radius 2 is 1.68 bits per heavy atom. The Morgan fingerprint density at radius 1 is 0.968 bits per heavy atom. The first-order valence-electron chi connectivity index (χ1n) is 9.44. The SMILES string of the molecule is CC(C)(C)OC(=O)Nc1ccc(NC(=O)c2cccnc2Cl)c(-c2ccc(Cl)cc2)c1. The van der Waals surface area contributed by atoms with Crippen LogP contribution in [0.25, 0.3) is 11.1 Å². The molecule has 0 aliphatic carbocycles. The summed E-state index contributed by atoms with van der Waals surface area (Å²) >= 11 is 12.1. The maximum Gasteiger partial charge on any atom is 0.412 e. The highest BCUT2D eigenvalue weighted by atomic mass is 35.5. The van der Waals surface area contributed by atoms with E-state index in [0.717, 1.165) is 5.56 Å². The van der Waals surface area contributed by atoms with Crippen molar-refractivity contribution in [1.82, 2.24) is 4.98 Å². The van der Waals surface area contributed by atoms with Gasteiger partial charge in [0, 0.05) is 28.2 Å². The smallest absolute Gasteiger partial charge is 0.412 e. The van der Waals surface area contributed by atoms with Crippen LogP contribution in [0, 0.1) is 0 Å². The fraction of sp³-hybridized carbons (Fsp3) is 0.174. The molecule has 2 amide bonds. The molecule has 2 aromatic carbocycles. The highest BCUT2D eigenvalue weighted by molar-refractivity contribution is 6.33. The van der Waals surface area contributed by atoms with Gasteiger partial charge in [0.25, 0.3) is 5.91 Å². The van der Waals surface area contributed by atoms with Gasteiger partial charge in [-0.15, -0.1) is 0 Å². The minimum atomic E-state index is -0.625. The van der Waals surface area contributed by atoms with E-state index in [2.05, 4.69) is 15.6 Å². The quantitative estimate of drug-likeness (QED) is 0.429. The summed E-state index contributed by atoms with van der Waals surface area (Å²) in [4.78, 5) is 28.8. The number of amides is 2. The number of carbonyl (C=O) groups excluding carboxylic acids is 2. The second-order valence-electron chi connectivity index (χ2n) is 7.69. The molecular weight excluding hydrogens is 437 g/mol. The standard InChI is InChI=1S/C23H21Cl2N3O3/c1-23(2,3)31-22(30)27-16-10-11-19(18(13-16)14-6-8-15(24)9-7-14)28-21(29)17-5-4-12-26-20(17)25/h4-13H,1-3H3,(H,27,30)(H,28,29). The molecule has 3 aromatic rings. The van der Waals surface area contributed by atoms with E-state index in [1.54, 1.807) is 63.2 Å². The molecule has 1 aromatic heterocycles. The summed E-state index contributed by atoms with van der Waals surface area (Å²) in [6.07, 6.45) is 0.934. The molecule has 6 nitrogen and oxygen atoms in total. The van der Waals surface area contributed by atoms with E-state index in [0.29, 0.717) is 22.0 Å². The van der Waals surface area contributed by atoms with Crippen molar-refractivity contribution < 1.29 is 14.3 Å². The van der Waals surface area contributed by atoms with E-state index < -0.39 is 17.6 Å². The Bertz CT molecular complexity index is 1110. The zero-order valence-corrected chi connectivity index (χ0v) is 18.7. The Labute approximate surface area is 190 Å². The topological polar surface area (TPSA) is 80.3 Å². The van der Waals surface area contributed by atoms with Crippen molar-refractivity contribution in [2.45, 2.75) is 26.4 Å². The summed E-state index contributed by atoms with van der Waals surface area (Å²) in [5.41, 5.74) is 2.14. The first-order valence-corrected chi connectivity index (χ1v) is 10.2. The molecule has 0 saturated heterocycles. The molecule has 1 heterocycles. The summed E-state index contributed by atoms with van der Waals surface area (Å²) in [6.45, 7) is 5.36. The normalized spacial score (nSPS) is 11.0. The minimum absolute atomic E-state index is 0.108. The van der Waals surface area contributed by atoms with Crippen molar-refractivity contribution in [2.75, 3.05) is 10.6 Å². The number of rotatable bonds is 4. The number of nitrogens with one attached hydrogen (secondary N) is 2. The molecule has 0 atom stereocenters. The maximum atomic E-state index is 12.7. The number of aromatic nitrogens is 1. The molecule has 8 heteroatoms. The number of carbonyl (C=O) groups is 2. The van der Waals surface area contributed by atoms with Gasteiger partial charge in [-0.05, 0) is 68.8 Å². The lowest BCUT2D eigenvalue weighted by atomic mass is 10.0. The van der Waals surface area contributed by atoms with E-state index >= 15 is 0 Å². The Hall–Kier alpha value is -3.09.